The smallest absolute Gasteiger partial charge is 0.411 e. The highest BCUT2D eigenvalue weighted by Gasteiger charge is 2.22. The van der Waals surface area contributed by atoms with Crippen LogP contribution in [0.1, 0.15) is 12.8 Å². The summed E-state index contributed by atoms with van der Waals surface area (Å²) in [6.07, 6.45) is 1.66. The molecule has 0 radical (unpaired) electrons. The van der Waals surface area contributed by atoms with Crippen LogP contribution in [0.2, 0.25) is 0 Å². The molecule has 1 aliphatic heterocycles. The largest absolute Gasteiger partial charge is 0.448 e. The van der Waals surface area contributed by atoms with Gasteiger partial charge in [-0.15, -0.1) is 0 Å². The van der Waals surface area contributed by atoms with Crippen molar-refractivity contribution in [1.29, 1.82) is 0 Å². The maximum atomic E-state index is 12.9. The Morgan fingerprint density at radius 2 is 2.42 bits per heavy atom. The second kappa shape index (κ2) is 6.34. The number of ether oxygens (including phenoxy) is 1. The first-order valence-electron chi connectivity index (χ1n) is 6.15. The van der Waals surface area contributed by atoms with Gasteiger partial charge in [0.05, 0.1) is 5.69 Å². The Bertz CT molecular complexity index is 470. The van der Waals surface area contributed by atoms with Gasteiger partial charge >= 0.3 is 6.09 Å². The van der Waals surface area contributed by atoms with Crippen LogP contribution in [-0.2, 0) is 4.74 Å². The average molecular weight is 331 g/mol. The summed E-state index contributed by atoms with van der Waals surface area (Å²) in [4.78, 5) is 13.8. The molecule has 1 aliphatic rings. The van der Waals surface area contributed by atoms with Crippen molar-refractivity contribution in [2.75, 3.05) is 25.5 Å². The van der Waals surface area contributed by atoms with Crippen molar-refractivity contribution in [1.82, 2.24) is 4.90 Å². The van der Waals surface area contributed by atoms with Gasteiger partial charge in [-0.1, -0.05) is 0 Å². The summed E-state index contributed by atoms with van der Waals surface area (Å²) < 4.78 is 18.6. The van der Waals surface area contributed by atoms with E-state index in [0.717, 1.165) is 19.4 Å². The fourth-order valence-electron chi connectivity index (χ4n) is 2.10. The summed E-state index contributed by atoms with van der Waals surface area (Å²) >= 11 is 3.18. The van der Waals surface area contributed by atoms with Gasteiger partial charge in [0.2, 0.25) is 0 Å². The van der Waals surface area contributed by atoms with Crippen molar-refractivity contribution in [2.45, 2.75) is 18.9 Å². The molecule has 0 aromatic heterocycles. The van der Waals surface area contributed by atoms with E-state index in [-0.39, 0.29) is 5.82 Å². The number of anilines is 1. The fourth-order valence-corrected chi connectivity index (χ4v) is 2.55. The number of likely N-dealkylation sites (N-methyl/N-ethyl adjacent to an activating group) is 1. The van der Waals surface area contributed by atoms with Gasteiger partial charge in [-0.3, -0.25) is 5.32 Å². The van der Waals surface area contributed by atoms with Crippen molar-refractivity contribution in [3.63, 3.8) is 0 Å². The van der Waals surface area contributed by atoms with Crippen LogP contribution in [0.15, 0.2) is 22.7 Å². The number of rotatable bonds is 3. The molecule has 1 amide bonds. The SMILES string of the molecule is CN1CCC[C@H]1COC(=O)Nc1ccc(F)cc1Br. The molecule has 1 atom stereocenters. The second-order valence-corrected chi connectivity index (χ2v) is 5.48. The lowest BCUT2D eigenvalue weighted by Crippen LogP contribution is -2.31. The Hall–Kier alpha value is -1.14. The molecule has 1 aromatic rings. The highest BCUT2D eigenvalue weighted by atomic mass is 79.9. The number of carbonyl (C=O) groups excluding carboxylic acids is 1. The summed E-state index contributed by atoms with van der Waals surface area (Å²) in [5.74, 6) is -0.363. The van der Waals surface area contributed by atoms with E-state index < -0.39 is 6.09 Å². The third-order valence-electron chi connectivity index (χ3n) is 3.25. The van der Waals surface area contributed by atoms with Gasteiger partial charge in [-0.05, 0) is 60.6 Å². The monoisotopic (exact) mass is 330 g/mol. The standard InChI is InChI=1S/C13H16BrFN2O2/c1-17-6-2-3-10(17)8-19-13(18)16-12-5-4-9(15)7-11(12)14/h4-5,7,10H,2-3,6,8H2,1H3,(H,16,18)/t10-/m0/s1. The molecule has 104 valence electrons. The molecule has 0 aliphatic carbocycles. The van der Waals surface area contributed by atoms with E-state index in [2.05, 4.69) is 26.1 Å². The van der Waals surface area contributed by atoms with Crippen molar-refractivity contribution in [3.8, 4) is 0 Å². The van der Waals surface area contributed by atoms with Crippen LogP contribution in [0.3, 0.4) is 0 Å². The molecule has 0 spiro atoms. The number of nitrogens with zero attached hydrogens (tertiary/aromatic N) is 1. The van der Waals surface area contributed by atoms with E-state index in [4.69, 9.17) is 4.74 Å². The molecule has 19 heavy (non-hydrogen) atoms. The van der Waals surface area contributed by atoms with Crippen LogP contribution in [0, 0.1) is 5.82 Å². The molecule has 6 heteroatoms. The van der Waals surface area contributed by atoms with Crippen molar-refractivity contribution >= 4 is 27.7 Å². The molecule has 1 fully saturated rings. The van der Waals surface area contributed by atoms with Crippen LogP contribution in [-0.4, -0.2) is 37.2 Å². The summed E-state index contributed by atoms with van der Waals surface area (Å²) in [5.41, 5.74) is 0.492. The summed E-state index contributed by atoms with van der Waals surface area (Å²) in [5, 5.41) is 2.58. The first-order chi connectivity index (χ1) is 9.06. The Morgan fingerprint density at radius 3 is 3.05 bits per heavy atom. The zero-order valence-corrected chi connectivity index (χ0v) is 12.2. The fraction of sp³-hybridized carbons (Fsp3) is 0.462. The zero-order valence-electron chi connectivity index (χ0n) is 10.7. The van der Waals surface area contributed by atoms with E-state index >= 15 is 0 Å². The predicted molar refractivity (Wildman–Crippen MR) is 74.7 cm³/mol. The van der Waals surface area contributed by atoms with Crippen molar-refractivity contribution in [3.05, 3.63) is 28.5 Å². The molecule has 1 heterocycles. The zero-order chi connectivity index (χ0) is 13.8. The molecule has 1 N–H and O–H groups in total. The van der Waals surface area contributed by atoms with E-state index in [1.807, 2.05) is 7.05 Å². The van der Waals surface area contributed by atoms with E-state index in [9.17, 15) is 9.18 Å². The predicted octanol–water partition coefficient (Wildman–Crippen LogP) is 3.23. The number of nitrogens with one attached hydrogen (secondary N) is 1. The van der Waals surface area contributed by atoms with E-state index in [1.165, 1.54) is 18.2 Å². The number of likely N-dealkylation sites (tertiary alicyclic amines) is 1. The third-order valence-corrected chi connectivity index (χ3v) is 3.90. The van der Waals surface area contributed by atoms with E-state index in [0.29, 0.717) is 22.8 Å². The maximum Gasteiger partial charge on any atom is 0.411 e. The van der Waals surface area contributed by atoms with Crippen LogP contribution >= 0.6 is 15.9 Å². The first kappa shape index (κ1) is 14.3. The summed E-state index contributed by atoms with van der Waals surface area (Å²) in [6, 6.07) is 4.36. The minimum absolute atomic E-state index is 0.294. The number of hydrogen-bond acceptors (Lipinski definition) is 3. The van der Waals surface area contributed by atoms with Gasteiger partial charge in [0, 0.05) is 10.5 Å². The molecule has 0 unspecified atom stereocenters. The molecule has 0 bridgehead atoms. The Balaban J connectivity index is 1.84. The van der Waals surface area contributed by atoms with Crippen molar-refractivity contribution < 1.29 is 13.9 Å². The highest BCUT2D eigenvalue weighted by molar-refractivity contribution is 9.10. The normalized spacial score (nSPS) is 19.4. The molecule has 1 aromatic carbocycles. The van der Waals surface area contributed by atoms with Crippen LogP contribution < -0.4 is 5.32 Å². The quantitative estimate of drug-likeness (QED) is 0.925. The number of carbonyl (C=O) groups is 1. The molecule has 0 saturated carbocycles. The van der Waals surface area contributed by atoms with Crippen molar-refractivity contribution in [2.24, 2.45) is 0 Å². The number of halogens is 2. The van der Waals surface area contributed by atoms with Gasteiger partial charge in [0.1, 0.15) is 12.4 Å². The number of amides is 1. The van der Waals surface area contributed by atoms with Crippen LogP contribution in [0.5, 0.6) is 0 Å². The van der Waals surface area contributed by atoms with Gasteiger partial charge in [-0.25, -0.2) is 9.18 Å². The minimum Gasteiger partial charge on any atom is -0.448 e. The minimum atomic E-state index is -0.521. The lowest BCUT2D eigenvalue weighted by molar-refractivity contribution is 0.127. The second-order valence-electron chi connectivity index (χ2n) is 4.62. The highest BCUT2D eigenvalue weighted by Crippen LogP contribution is 2.23. The molecule has 2 rings (SSSR count). The van der Waals surface area contributed by atoms with Gasteiger partial charge in [-0.2, -0.15) is 0 Å². The average Bonchev–Trinajstić information content (AvgIpc) is 2.76. The summed E-state index contributed by atoms with van der Waals surface area (Å²) in [7, 11) is 2.02. The lowest BCUT2D eigenvalue weighted by Gasteiger charge is -2.19. The maximum absolute atomic E-state index is 12.9. The topological polar surface area (TPSA) is 41.6 Å². The Morgan fingerprint density at radius 1 is 1.63 bits per heavy atom. The molecular formula is C13H16BrFN2O2. The van der Waals surface area contributed by atoms with Gasteiger partial charge in [0.15, 0.2) is 0 Å². The Labute approximate surface area is 120 Å². The third kappa shape index (κ3) is 3.91. The molecule has 1 saturated heterocycles. The Kier molecular flexibility index (Phi) is 4.76. The summed E-state index contributed by atoms with van der Waals surface area (Å²) in [6.45, 7) is 1.42. The number of hydrogen-bond donors (Lipinski definition) is 1. The lowest BCUT2D eigenvalue weighted by atomic mass is 10.2. The van der Waals surface area contributed by atoms with Crippen LogP contribution in [0.4, 0.5) is 14.9 Å². The van der Waals surface area contributed by atoms with E-state index in [1.54, 1.807) is 0 Å². The van der Waals surface area contributed by atoms with Gasteiger partial charge in [0.25, 0.3) is 0 Å². The molecular weight excluding hydrogens is 315 g/mol. The van der Waals surface area contributed by atoms with Crippen LogP contribution in [0.25, 0.3) is 0 Å². The number of benzene rings is 1. The molecule has 4 nitrogen and oxygen atoms in total. The van der Waals surface area contributed by atoms with Gasteiger partial charge < -0.3 is 9.64 Å². The first-order valence-corrected chi connectivity index (χ1v) is 6.94.